The maximum atomic E-state index is 5.17. The molecule has 0 aliphatic carbocycles. The monoisotopic (exact) mass is 444 g/mol. The number of aromatic nitrogens is 3. The van der Waals surface area contributed by atoms with Crippen LogP contribution in [0.2, 0.25) is 0 Å². The summed E-state index contributed by atoms with van der Waals surface area (Å²) in [6.45, 7) is 6.26. The van der Waals surface area contributed by atoms with Crippen LogP contribution < -0.4 is 10.6 Å². The second kappa shape index (κ2) is 8.50. The van der Waals surface area contributed by atoms with Gasteiger partial charge < -0.3 is 19.7 Å². The largest absolute Gasteiger partial charge is 0.361 e. The van der Waals surface area contributed by atoms with Crippen molar-refractivity contribution in [3.8, 4) is 0 Å². The summed E-state index contributed by atoms with van der Waals surface area (Å²) in [7, 11) is 1.76. The van der Waals surface area contributed by atoms with Gasteiger partial charge in [0.15, 0.2) is 5.96 Å². The second-order valence-electron chi connectivity index (χ2n) is 5.88. The third kappa shape index (κ3) is 4.28. The van der Waals surface area contributed by atoms with Gasteiger partial charge in [0.25, 0.3) is 0 Å². The summed E-state index contributed by atoms with van der Waals surface area (Å²) in [6.07, 6.45) is 5.71. The Labute approximate surface area is 159 Å². The van der Waals surface area contributed by atoms with Crippen LogP contribution in [-0.2, 0) is 26.1 Å². The number of aliphatic imine (C=N–C) groups is 1. The van der Waals surface area contributed by atoms with E-state index in [2.05, 4.69) is 36.5 Å². The summed E-state index contributed by atoms with van der Waals surface area (Å²) in [5.74, 6) is 2.79. The van der Waals surface area contributed by atoms with E-state index in [0.717, 1.165) is 41.6 Å². The summed E-state index contributed by atoms with van der Waals surface area (Å²) in [4.78, 5) is 8.94. The van der Waals surface area contributed by atoms with Crippen LogP contribution in [0.15, 0.2) is 15.7 Å². The van der Waals surface area contributed by atoms with Crippen molar-refractivity contribution in [1.82, 2.24) is 25.3 Å². The van der Waals surface area contributed by atoms with Gasteiger partial charge in [0.1, 0.15) is 11.6 Å². The molecule has 0 bridgehead atoms. The number of aryl methyl sites for hydroxylation is 4. The number of nitrogens with one attached hydrogen (secondary N) is 2. The molecule has 7 nitrogen and oxygen atoms in total. The molecular formula is C16H25IN6O. The fourth-order valence-corrected chi connectivity index (χ4v) is 2.88. The zero-order valence-corrected chi connectivity index (χ0v) is 16.8. The average molecular weight is 444 g/mol. The van der Waals surface area contributed by atoms with Gasteiger partial charge in [0, 0.05) is 38.3 Å². The number of fused-ring (bicyclic) bond motifs is 1. The summed E-state index contributed by atoms with van der Waals surface area (Å²) in [5, 5.41) is 10.6. The highest BCUT2D eigenvalue weighted by molar-refractivity contribution is 14.0. The van der Waals surface area contributed by atoms with Crippen molar-refractivity contribution in [2.24, 2.45) is 4.99 Å². The molecule has 8 heteroatoms. The average Bonchev–Trinajstić information content (AvgIpc) is 3.11. The molecule has 132 valence electrons. The van der Waals surface area contributed by atoms with Gasteiger partial charge in [-0.05, 0) is 26.7 Å². The minimum absolute atomic E-state index is 0. The van der Waals surface area contributed by atoms with Crippen molar-refractivity contribution in [2.75, 3.05) is 7.05 Å². The summed E-state index contributed by atoms with van der Waals surface area (Å²) in [5.41, 5.74) is 3.04. The highest BCUT2D eigenvalue weighted by Gasteiger charge is 2.13. The quantitative estimate of drug-likeness (QED) is 0.430. The molecule has 2 aromatic heterocycles. The minimum atomic E-state index is 0. The van der Waals surface area contributed by atoms with Crippen LogP contribution in [0.5, 0.6) is 0 Å². The fraction of sp³-hybridized carbons (Fsp3) is 0.562. The molecule has 0 fully saturated rings. The normalized spacial score (nSPS) is 14.0. The zero-order chi connectivity index (χ0) is 16.2. The minimum Gasteiger partial charge on any atom is -0.361 e. The van der Waals surface area contributed by atoms with Crippen molar-refractivity contribution in [3.05, 3.63) is 34.7 Å². The zero-order valence-electron chi connectivity index (χ0n) is 14.4. The highest BCUT2D eigenvalue weighted by atomic mass is 127. The molecule has 1 aliphatic heterocycles. The van der Waals surface area contributed by atoms with Crippen LogP contribution in [0.4, 0.5) is 0 Å². The van der Waals surface area contributed by atoms with Gasteiger partial charge in [-0.15, -0.1) is 24.0 Å². The van der Waals surface area contributed by atoms with Crippen LogP contribution in [0.3, 0.4) is 0 Å². The fourth-order valence-electron chi connectivity index (χ4n) is 2.88. The lowest BCUT2D eigenvalue weighted by Crippen LogP contribution is -2.36. The van der Waals surface area contributed by atoms with Crippen LogP contribution >= 0.6 is 24.0 Å². The maximum Gasteiger partial charge on any atom is 0.191 e. The summed E-state index contributed by atoms with van der Waals surface area (Å²) < 4.78 is 7.44. The Morgan fingerprint density at radius 2 is 2.08 bits per heavy atom. The van der Waals surface area contributed by atoms with E-state index in [-0.39, 0.29) is 24.0 Å². The molecular weight excluding hydrogens is 419 g/mol. The van der Waals surface area contributed by atoms with E-state index < -0.39 is 0 Å². The van der Waals surface area contributed by atoms with E-state index in [4.69, 9.17) is 4.52 Å². The molecule has 24 heavy (non-hydrogen) atoms. The molecule has 0 saturated heterocycles. The standard InChI is InChI=1S/C16H24N6O.HI/c1-11-14(12(2)23-21-11)9-19-16(17-3)18-8-13-10-22-7-5-4-6-15(22)20-13;/h10H,4-9H2,1-3H3,(H2,17,18,19);1H. The van der Waals surface area contributed by atoms with Gasteiger partial charge in [0.05, 0.1) is 17.9 Å². The number of rotatable bonds is 4. The van der Waals surface area contributed by atoms with Gasteiger partial charge in [-0.2, -0.15) is 0 Å². The first kappa shape index (κ1) is 18.8. The van der Waals surface area contributed by atoms with Gasteiger partial charge >= 0.3 is 0 Å². The lowest BCUT2D eigenvalue weighted by molar-refractivity contribution is 0.392. The lowest BCUT2D eigenvalue weighted by Gasteiger charge is -2.11. The van der Waals surface area contributed by atoms with E-state index in [1.807, 2.05) is 13.8 Å². The van der Waals surface area contributed by atoms with E-state index in [1.54, 1.807) is 7.05 Å². The van der Waals surface area contributed by atoms with Crippen LogP contribution in [0, 0.1) is 13.8 Å². The summed E-state index contributed by atoms with van der Waals surface area (Å²) >= 11 is 0. The molecule has 0 amide bonds. The molecule has 0 radical (unpaired) electrons. The summed E-state index contributed by atoms with van der Waals surface area (Å²) in [6, 6.07) is 0. The van der Waals surface area contributed by atoms with E-state index >= 15 is 0 Å². The molecule has 0 aromatic carbocycles. The Bertz CT molecular complexity index is 662. The molecule has 2 aromatic rings. The number of nitrogens with zero attached hydrogens (tertiary/aromatic N) is 4. The van der Waals surface area contributed by atoms with E-state index in [1.165, 1.54) is 18.7 Å². The number of halogens is 1. The third-order valence-corrected chi connectivity index (χ3v) is 4.23. The molecule has 0 saturated carbocycles. The van der Waals surface area contributed by atoms with Crippen LogP contribution in [0.25, 0.3) is 0 Å². The number of hydrogen-bond donors (Lipinski definition) is 2. The van der Waals surface area contributed by atoms with Crippen molar-refractivity contribution in [2.45, 2.75) is 52.7 Å². The van der Waals surface area contributed by atoms with E-state index in [9.17, 15) is 0 Å². The van der Waals surface area contributed by atoms with Gasteiger partial charge in [-0.3, -0.25) is 4.99 Å². The van der Waals surface area contributed by atoms with Crippen molar-refractivity contribution >= 4 is 29.9 Å². The predicted octanol–water partition coefficient (Wildman–Crippen LogP) is 2.31. The lowest BCUT2D eigenvalue weighted by atomic mass is 10.2. The van der Waals surface area contributed by atoms with Crippen molar-refractivity contribution in [3.63, 3.8) is 0 Å². The molecule has 2 N–H and O–H groups in total. The Balaban J connectivity index is 0.00000208. The smallest absolute Gasteiger partial charge is 0.191 e. The first-order valence-corrected chi connectivity index (χ1v) is 8.08. The van der Waals surface area contributed by atoms with Crippen molar-refractivity contribution in [1.29, 1.82) is 0 Å². The van der Waals surface area contributed by atoms with Gasteiger partial charge in [-0.25, -0.2) is 4.98 Å². The topological polar surface area (TPSA) is 80.3 Å². The Morgan fingerprint density at radius 3 is 2.75 bits per heavy atom. The molecule has 0 spiro atoms. The van der Waals surface area contributed by atoms with Gasteiger partial charge in [-0.1, -0.05) is 5.16 Å². The Kier molecular flexibility index (Phi) is 6.64. The molecule has 1 aliphatic rings. The second-order valence-corrected chi connectivity index (χ2v) is 5.88. The molecule has 0 atom stereocenters. The number of guanidine groups is 1. The van der Waals surface area contributed by atoms with E-state index in [0.29, 0.717) is 13.1 Å². The highest BCUT2D eigenvalue weighted by Crippen LogP contribution is 2.14. The number of imidazole rings is 1. The maximum absolute atomic E-state index is 5.17. The first-order chi connectivity index (χ1) is 11.2. The van der Waals surface area contributed by atoms with Gasteiger partial charge in [0.2, 0.25) is 0 Å². The van der Waals surface area contributed by atoms with Crippen LogP contribution in [0.1, 0.15) is 41.4 Å². The van der Waals surface area contributed by atoms with Crippen LogP contribution in [-0.4, -0.2) is 27.7 Å². The van der Waals surface area contributed by atoms with Crippen molar-refractivity contribution < 1.29 is 4.52 Å². The molecule has 3 rings (SSSR count). The molecule has 0 unspecified atom stereocenters. The first-order valence-electron chi connectivity index (χ1n) is 8.08. The third-order valence-electron chi connectivity index (χ3n) is 4.23. The Morgan fingerprint density at radius 1 is 1.29 bits per heavy atom. The molecule has 3 heterocycles. The SMILES string of the molecule is CN=C(NCc1cn2c(n1)CCCC2)NCc1c(C)noc1C.I. The Hall–Kier alpha value is -1.58. The number of hydrogen-bond acceptors (Lipinski definition) is 4. The predicted molar refractivity (Wildman–Crippen MR) is 104 cm³/mol.